The SMILES string of the molecule is CC(C)=CCC/C(C)=C/CC/C(=C\CC/C(C)=C/C1(O)OS(=O)(=O)OS(=O)(=O)O1)CO. The Morgan fingerprint density at radius 2 is 1.32 bits per heavy atom. The van der Waals surface area contributed by atoms with Gasteiger partial charge in [0.1, 0.15) is 0 Å². The average molecular weight is 481 g/mol. The van der Waals surface area contributed by atoms with Crippen LogP contribution in [0, 0.1) is 0 Å². The molecule has 0 spiro atoms. The van der Waals surface area contributed by atoms with Gasteiger partial charge in [0.15, 0.2) is 0 Å². The summed E-state index contributed by atoms with van der Waals surface area (Å²) in [5, 5.41) is 19.5. The van der Waals surface area contributed by atoms with Crippen molar-refractivity contribution in [2.75, 3.05) is 6.61 Å². The van der Waals surface area contributed by atoms with Crippen LogP contribution in [0.15, 0.2) is 46.6 Å². The zero-order chi connectivity index (χ0) is 23.7. The molecule has 1 saturated heterocycles. The van der Waals surface area contributed by atoms with Gasteiger partial charge in [-0.05, 0) is 71.8 Å². The molecule has 0 aromatic carbocycles. The first-order valence-corrected chi connectivity index (χ1v) is 12.5. The van der Waals surface area contributed by atoms with Gasteiger partial charge >= 0.3 is 26.8 Å². The van der Waals surface area contributed by atoms with E-state index in [0.29, 0.717) is 24.8 Å². The summed E-state index contributed by atoms with van der Waals surface area (Å²) >= 11 is 0. The molecule has 1 aliphatic rings. The molecule has 1 aliphatic heterocycles. The van der Waals surface area contributed by atoms with Crippen molar-refractivity contribution < 1.29 is 39.0 Å². The van der Waals surface area contributed by atoms with Gasteiger partial charge in [0.05, 0.1) is 6.61 Å². The Kier molecular flexibility index (Phi) is 10.8. The highest BCUT2D eigenvalue weighted by molar-refractivity contribution is 7.95. The van der Waals surface area contributed by atoms with Crippen LogP contribution >= 0.6 is 0 Å². The molecule has 0 unspecified atom stereocenters. The maximum absolute atomic E-state index is 11.3. The number of hydrogen-bond donors (Lipinski definition) is 2. The first-order valence-electron chi connectivity index (χ1n) is 9.86. The molecule has 31 heavy (non-hydrogen) atoms. The maximum atomic E-state index is 11.3. The fourth-order valence-electron chi connectivity index (χ4n) is 2.81. The molecule has 0 bridgehead atoms. The van der Waals surface area contributed by atoms with Crippen LogP contribution < -0.4 is 0 Å². The largest absolute Gasteiger partial charge is 0.421 e. The number of hydrogen-bond acceptors (Lipinski definition) is 9. The highest BCUT2D eigenvalue weighted by Gasteiger charge is 2.48. The summed E-state index contributed by atoms with van der Waals surface area (Å²) in [5.41, 5.74) is 3.86. The zero-order valence-electron chi connectivity index (χ0n) is 18.3. The molecule has 0 aromatic heterocycles. The molecule has 0 aromatic rings. The van der Waals surface area contributed by atoms with Crippen LogP contribution in [0.1, 0.15) is 66.2 Å². The Bertz CT molecular complexity index is 901. The summed E-state index contributed by atoms with van der Waals surface area (Å²) < 4.78 is 57.2. The molecular formula is C20H32O9S2. The molecule has 1 fully saturated rings. The number of aliphatic hydroxyl groups is 2. The van der Waals surface area contributed by atoms with E-state index in [0.717, 1.165) is 30.9 Å². The second-order valence-electron chi connectivity index (χ2n) is 7.64. The fourth-order valence-corrected chi connectivity index (χ4v) is 4.64. The third-order valence-corrected chi connectivity index (χ3v) is 6.48. The van der Waals surface area contributed by atoms with Gasteiger partial charge in [-0.2, -0.15) is 25.2 Å². The van der Waals surface area contributed by atoms with Crippen molar-refractivity contribution in [1.82, 2.24) is 0 Å². The second kappa shape index (κ2) is 12.0. The first-order chi connectivity index (χ1) is 14.3. The summed E-state index contributed by atoms with van der Waals surface area (Å²) in [6.45, 7) is 7.69. The Hall–Kier alpha value is -1.34. The Labute approximate surface area is 185 Å². The standard InChI is InChI=1S/C20H32O9S2/c1-16(2)8-5-9-17(3)10-6-12-19(15-21)13-7-11-18(4)14-20(22)27-30(23,24)29-31(25,26)28-20/h8,10,13-14,21-22H,5-7,9,11-12,15H2,1-4H3/b17-10+,18-14+,19-13+. The zero-order valence-corrected chi connectivity index (χ0v) is 20.0. The van der Waals surface area contributed by atoms with Gasteiger partial charge in [-0.25, -0.2) is 0 Å². The van der Waals surface area contributed by atoms with Crippen LogP contribution in [0.4, 0.5) is 0 Å². The second-order valence-corrected chi connectivity index (χ2v) is 10.2. The van der Waals surface area contributed by atoms with Crippen molar-refractivity contribution in [2.45, 2.75) is 72.2 Å². The smallest absolute Gasteiger partial charge is 0.392 e. The van der Waals surface area contributed by atoms with Gasteiger partial charge < -0.3 is 10.2 Å². The van der Waals surface area contributed by atoms with E-state index >= 15 is 0 Å². The van der Waals surface area contributed by atoms with E-state index in [2.05, 4.69) is 44.9 Å². The lowest BCUT2D eigenvalue weighted by atomic mass is 10.0. The van der Waals surface area contributed by atoms with E-state index < -0.39 is 26.8 Å². The quantitative estimate of drug-likeness (QED) is 0.427. The van der Waals surface area contributed by atoms with Crippen molar-refractivity contribution >= 4 is 20.8 Å². The summed E-state index contributed by atoms with van der Waals surface area (Å²) in [5.74, 6) is -3.00. The van der Waals surface area contributed by atoms with E-state index in [4.69, 9.17) is 0 Å². The lowest BCUT2D eigenvalue weighted by Crippen LogP contribution is -2.44. The monoisotopic (exact) mass is 480 g/mol. The normalized spacial score (nSPS) is 21.0. The van der Waals surface area contributed by atoms with Crippen LogP contribution in [-0.2, 0) is 32.8 Å². The number of allylic oxidation sites excluding steroid dienone is 6. The van der Waals surface area contributed by atoms with E-state index in [-0.39, 0.29) is 6.61 Å². The third-order valence-electron chi connectivity index (χ3n) is 4.26. The molecule has 1 rings (SSSR count). The van der Waals surface area contributed by atoms with Crippen LogP contribution in [0.5, 0.6) is 0 Å². The molecule has 9 nitrogen and oxygen atoms in total. The van der Waals surface area contributed by atoms with Crippen LogP contribution in [0.2, 0.25) is 0 Å². The van der Waals surface area contributed by atoms with Crippen molar-refractivity contribution in [3.63, 3.8) is 0 Å². The summed E-state index contributed by atoms with van der Waals surface area (Å²) in [4.78, 5) is 0. The molecule has 0 atom stereocenters. The Morgan fingerprint density at radius 3 is 1.87 bits per heavy atom. The lowest BCUT2D eigenvalue weighted by Gasteiger charge is -2.26. The summed E-state index contributed by atoms with van der Waals surface area (Å²) in [6.07, 6.45) is 11.4. The molecule has 0 saturated carbocycles. The molecule has 1 heterocycles. The Balaban J connectivity index is 2.61. The predicted octanol–water partition coefficient (Wildman–Crippen LogP) is 3.30. The third kappa shape index (κ3) is 11.7. The summed E-state index contributed by atoms with van der Waals surface area (Å²) in [6, 6.07) is 0. The van der Waals surface area contributed by atoms with E-state index in [1.165, 1.54) is 11.1 Å². The highest BCUT2D eigenvalue weighted by atomic mass is 32.3. The molecule has 11 heteroatoms. The molecule has 0 aliphatic carbocycles. The van der Waals surface area contributed by atoms with E-state index in [9.17, 15) is 27.0 Å². The molecule has 2 N–H and O–H groups in total. The van der Waals surface area contributed by atoms with Crippen molar-refractivity contribution in [1.29, 1.82) is 0 Å². The lowest BCUT2D eigenvalue weighted by molar-refractivity contribution is -0.243. The highest BCUT2D eigenvalue weighted by Crippen LogP contribution is 2.28. The van der Waals surface area contributed by atoms with Crippen LogP contribution in [0.25, 0.3) is 0 Å². The van der Waals surface area contributed by atoms with E-state index in [1.54, 1.807) is 6.92 Å². The minimum atomic E-state index is -4.97. The molecular weight excluding hydrogens is 448 g/mol. The Morgan fingerprint density at radius 1 is 0.806 bits per heavy atom. The van der Waals surface area contributed by atoms with Gasteiger partial charge in [-0.1, -0.05) is 34.9 Å². The van der Waals surface area contributed by atoms with Crippen LogP contribution in [0.3, 0.4) is 0 Å². The minimum absolute atomic E-state index is 0.0859. The fraction of sp³-hybridized carbons (Fsp3) is 0.600. The van der Waals surface area contributed by atoms with Gasteiger partial charge in [0.25, 0.3) is 0 Å². The van der Waals surface area contributed by atoms with Crippen LogP contribution in [-0.4, -0.2) is 39.6 Å². The molecule has 0 amide bonds. The number of rotatable bonds is 11. The molecule has 178 valence electrons. The average Bonchev–Trinajstić information content (AvgIpc) is 2.56. The van der Waals surface area contributed by atoms with Gasteiger partial charge in [0, 0.05) is 6.08 Å². The predicted molar refractivity (Wildman–Crippen MR) is 116 cm³/mol. The van der Waals surface area contributed by atoms with Gasteiger partial charge in [-0.3, -0.25) is 0 Å². The topological polar surface area (TPSA) is 136 Å². The van der Waals surface area contributed by atoms with Gasteiger partial charge in [0.2, 0.25) is 0 Å². The van der Waals surface area contributed by atoms with Gasteiger partial charge in [-0.15, -0.1) is 3.63 Å². The van der Waals surface area contributed by atoms with Crippen molar-refractivity contribution in [3.8, 4) is 0 Å². The maximum Gasteiger partial charge on any atom is 0.421 e. The van der Waals surface area contributed by atoms with Crippen molar-refractivity contribution in [2.24, 2.45) is 0 Å². The van der Waals surface area contributed by atoms with E-state index in [1.807, 2.05) is 6.08 Å². The minimum Gasteiger partial charge on any atom is -0.392 e. The molecule has 0 radical (unpaired) electrons. The first kappa shape index (κ1) is 27.7. The van der Waals surface area contributed by atoms with Crippen molar-refractivity contribution in [3.05, 3.63) is 46.6 Å². The summed E-state index contributed by atoms with van der Waals surface area (Å²) in [7, 11) is -9.94. The number of aliphatic hydroxyl groups excluding tert-OH is 1.